The second-order valence-corrected chi connectivity index (χ2v) is 7.73. The number of thioether (sulfide) groups is 1. The van der Waals surface area contributed by atoms with E-state index in [1.165, 1.54) is 17.3 Å². The second-order valence-electron chi connectivity index (χ2n) is 6.81. The summed E-state index contributed by atoms with van der Waals surface area (Å²) in [4.78, 5) is 12.3. The maximum Gasteiger partial charge on any atom is 0.277 e. The average molecular weight is 416 g/mol. The van der Waals surface area contributed by atoms with Crippen LogP contribution in [0.4, 0.5) is 0 Å². The van der Waals surface area contributed by atoms with Crippen LogP contribution in [0.5, 0.6) is 0 Å². The van der Waals surface area contributed by atoms with Gasteiger partial charge in [0.15, 0.2) is 0 Å². The van der Waals surface area contributed by atoms with E-state index in [0.717, 1.165) is 16.7 Å². The lowest BCUT2D eigenvalue weighted by atomic mass is 10.0. The van der Waals surface area contributed by atoms with Crippen LogP contribution >= 0.6 is 11.8 Å². The van der Waals surface area contributed by atoms with Crippen molar-refractivity contribution in [2.45, 2.75) is 18.2 Å². The summed E-state index contributed by atoms with van der Waals surface area (Å²) in [5.41, 5.74) is 4.23. The van der Waals surface area contributed by atoms with Crippen LogP contribution in [0.15, 0.2) is 94.6 Å². The molecule has 0 aliphatic rings. The van der Waals surface area contributed by atoms with Gasteiger partial charge in [0.05, 0.1) is 11.8 Å². The molecule has 0 radical (unpaired) electrons. The van der Waals surface area contributed by atoms with Crippen LogP contribution < -0.4 is 5.32 Å². The Labute approximate surface area is 179 Å². The number of hydrogen-bond acceptors (Lipinski definition) is 5. The zero-order valence-electron chi connectivity index (χ0n) is 16.5. The van der Waals surface area contributed by atoms with Crippen LogP contribution in [0.2, 0.25) is 0 Å². The third-order valence-electron chi connectivity index (χ3n) is 4.65. The first kappa shape index (κ1) is 19.9. The number of carbonyl (C=O) groups is 1. The minimum atomic E-state index is -0.0921. The van der Waals surface area contributed by atoms with Gasteiger partial charge < -0.3 is 9.73 Å². The van der Waals surface area contributed by atoms with E-state index in [2.05, 4.69) is 39.8 Å². The zero-order chi connectivity index (χ0) is 20.8. The number of nitrogens with zero attached hydrogens (tertiary/aromatic N) is 2. The highest BCUT2D eigenvalue weighted by molar-refractivity contribution is 7.99. The number of aromatic nitrogens is 2. The van der Waals surface area contributed by atoms with Crippen LogP contribution in [-0.4, -0.2) is 21.9 Å². The molecule has 0 aliphatic heterocycles. The lowest BCUT2D eigenvalue weighted by Crippen LogP contribution is -2.28. The summed E-state index contributed by atoms with van der Waals surface area (Å²) in [5.74, 6) is 0.576. The summed E-state index contributed by atoms with van der Waals surface area (Å²) in [7, 11) is 0. The molecule has 0 unspecified atom stereocenters. The molecule has 4 rings (SSSR count). The molecule has 0 saturated carbocycles. The number of rotatable bonds is 7. The van der Waals surface area contributed by atoms with E-state index in [9.17, 15) is 4.79 Å². The minimum Gasteiger partial charge on any atom is -0.411 e. The minimum absolute atomic E-state index is 0.0842. The molecule has 3 aromatic carbocycles. The summed E-state index contributed by atoms with van der Waals surface area (Å²) in [6, 6.07) is 27.9. The van der Waals surface area contributed by atoms with Gasteiger partial charge in [0.2, 0.25) is 11.8 Å². The Kier molecular flexibility index (Phi) is 6.25. The maximum atomic E-state index is 12.3. The van der Waals surface area contributed by atoms with Crippen molar-refractivity contribution < 1.29 is 9.21 Å². The standard InChI is InChI=1S/C24H21N3O2S/c1-17(18-12-14-20(15-13-18)19-8-4-2-5-9-19)25-22(28)16-30-24-27-26-23(29-24)21-10-6-3-7-11-21/h2-15,17H,16H2,1H3,(H,25,28)/t17-/m1/s1. The first-order chi connectivity index (χ1) is 14.7. The monoisotopic (exact) mass is 415 g/mol. The molecule has 1 atom stereocenters. The Morgan fingerprint density at radius 3 is 2.13 bits per heavy atom. The molecule has 150 valence electrons. The number of benzene rings is 3. The van der Waals surface area contributed by atoms with Gasteiger partial charge in [0, 0.05) is 5.56 Å². The van der Waals surface area contributed by atoms with Crippen molar-refractivity contribution in [3.8, 4) is 22.6 Å². The van der Waals surface area contributed by atoms with E-state index in [0.29, 0.717) is 11.1 Å². The van der Waals surface area contributed by atoms with Crippen molar-refractivity contribution in [2.75, 3.05) is 5.75 Å². The molecule has 1 heterocycles. The molecule has 1 amide bonds. The van der Waals surface area contributed by atoms with Gasteiger partial charge in [0.25, 0.3) is 5.22 Å². The van der Waals surface area contributed by atoms with Crippen molar-refractivity contribution in [3.05, 3.63) is 90.5 Å². The van der Waals surface area contributed by atoms with Crippen LogP contribution in [0.1, 0.15) is 18.5 Å². The van der Waals surface area contributed by atoms with E-state index < -0.39 is 0 Å². The van der Waals surface area contributed by atoms with Crippen LogP contribution in [0.25, 0.3) is 22.6 Å². The molecule has 0 aliphatic carbocycles. The molecular formula is C24H21N3O2S. The molecule has 6 heteroatoms. The first-order valence-corrected chi connectivity index (χ1v) is 10.6. The van der Waals surface area contributed by atoms with E-state index in [1.54, 1.807) is 0 Å². The van der Waals surface area contributed by atoms with Gasteiger partial charge in [-0.2, -0.15) is 0 Å². The van der Waals surface area contributed by atoms with Gasteiger partial charge in [-0.25, -0.2) is 0 Å². The van der Waals surface area contributed by atoms with Gasteiger partial charge in [-0.15, -0.1) is 10.2 Å². The predicted octanol–water partition coefficient (Wildman–Crippen LogP) is 5.37. The normalized spacial score (nSPS) is 11.8. The fourth-order valence-corrected chi connectivity index (χ4v) is 3.63. The number of hydrogen-bond donors (Lipinski definition) is 1. The molecule has 0 bridgehead atoms. The third-order valence-corrected chi connectivity index (χ3v) is 5.47. The quantitative estimate of drug-likeness (QED) is 0.411. The van der Waals surface area contributed by atoms with E-state index >= 15 is 0 Å². The molecule has 1 N–H and O–H groups in total. The molecule has 4 aromatic rings. The molecule has 30 heavy (non-hydrogen) atoms. The highest BCUT2D eigenvalue weighted by Gasteiger charge is 2.13. The Balaban J connectivity index is 1.30. The highest BCUT2D eigenvalue weighted by Crippen LogP contribution is 2.24. The van der Waals surface area contributed by atoms with Crippen molar-refractivity contribution >= 4 is 17.7 Å². The lowest BCUT2D eigenvalue weighted by Gasteiger charge is -2.14. The summed E-state index contributed by atoms with van der Waals surface area (Å²) >= 11 is 1.23. The predicted molar refractivity (Wildman–Crippen MR) is 119 cm³/mol. The number of amides is 1. The van der Waals surface area contributed by atoms with Crippen molar-refractivity contribution in [1.82, 2.24) is 15.5 Å². The van der Waals surface area contributed by atoms with E-state index in [4.69, 9.17) is 4.42 Å². The zero-order valence-corrected chi connectivity index (χ0v) is 17.3. The van der Waals surface area contributed by atoms with Crippen LogP contribution in [-0.2, 0) is 4.79 Å². The average Bonchev–Trinajstić information content (AvgIpc) is 3.28. The van der Waals surface area contributed by atoms with Gasteiger partial charge in [-0.3, -0.25) is 4.79 Å². The molecule has 1 aromatic heterocycles. The summed E-state index contributed by atoms with van der Waals surface area (Å²) < 4.78 is 5.63. The number of nitrogens with one attached hydrogen (secondary N) is 1. The summed E-state index contributed by atoms with van der Waals surface area (Å²) in [6.45, 7) is 1.97. The number of carbonyl (C=O) groups excluding carboxylic acids is 1. The van der Waals surface area contributed by atoms with Gasteiger partial charge in [-0.1, -0.05) is 84.6 Å². The summed E-state index contributed by atoms with van der Waals surface area (Å²) in [5, 5.41) is 11.4. The van der Waals surface area contributed by atoms with Crippen molar-refractivity contribution in [1.29, 1.82) is 0 Å². The van der Waals surface area contributed by atoms with Gasteiger partial charge in [0.1, 0.15) is 0 Å². The van der Waals surface area contributed by atoms with Crippen LogP contribution in [0, 0.1) is 0 Å². The molecule has 5 nitrogen and oxygen atoms in total. The largest absolute Gasteiger partial charge is 0.411 e. The van der Waals surface area contributed by atoms with Crippen LogP contribution in [0.3, 0.4) is 0 Å². The van der Waals surface area contributed by atoms with E-state index in [-0.39, 0.29) is 17.7 Å². The topological polar surface area (TPSA) is 68.0 Å². The Bertz CT molecular complexity index is 1100. The fourth-order valence-electron chi connectivity index (χ4n) is 3.05. The summed E-state index contributed by atoms with van der Waals surface area (Å²) in [6.07, 6.45) is 0. The first-order valence-electron chi connectivity index (χ1n) is 9.65. The molecule has 0 spiro atoms. The smallest absolute Gasteiger partial charge is 0.277 e. The Morgan fingerprint density at radius 2 is 1.47 bits per heavy atom. The third kappa shape index (κ3) is 4.96. The molecule has 0 fully saturated rings. The molecule has 0 saturated heterocycles. The lowest BCUT2D eigenvalue weighted by molar-refractivity contribution is -0.119. The maximum absolute atomic E-state index is 12.3. The SMILES string of the molecule is C[C@@H](NC(=O)CSc1nnc(-c2ccccc2)o1)c1ccc(-c2ccccc2)cc1. The highest BCUT2D eigenvalue weighted by atomic mass is 32.2. The Morgan fingerprint density at radius 1 is 0.867 bits per heavy atom. The Hall–Kier alpha value is -3.38. The van der Waals surface area contributed by atoms with Crippen molar-refractivity contribution in [2.24, 2.45) is 0 Å². The fraction of sp³-hybridized carbons (Fsp3) is 0.125. The van der Waals surface area contributed by atoms with Gasteiger partial charge >= 0.3 is 0 Å². The molecular weight excluding hydrogens is 394 g/mol. The van der Waals surface area contributed by atoms with Gasteiger partial charge in [-0.05, 0) is 35.7 Å². The second kappa shape index (κ2) is 9.41. The van der Waals surface area contributed by atoms with Crippen molar-refractivity contribution in [3.63, 3.8) is 0 Å². The van der Waals surface area contributed by atoms with E-state index in [1.807, 2.05) is 67.6 Å².